The van der Waals surface area contributed by atoms with Crippen LogP contribution in [0.15, 0.2) is 36.9 Å². The highest BCUT2D eigenvalue weighted by molar-refractivity contribution is 6.72. The van der Waals surface area contributed by atoms with Crippen LogP contribution >= 0.6 is 0 Å². The lowest BCUT2D eigenvalue weighted by molar-refractivity contribution is 1.58. The molecular formula is C11H19NSi. The van der Waals surface area contributed by atoms with Crippen LogP contribution in [-0.2, 0) is 0 Å². The van der Waals surface area contributed by atoms with Crippen molar-refractivity contribution in [2.75, 3.05) is 0 Å². The summed E-state index contributed by atoms with van der Waals surface area (Å²) in [7, 11) is -1.11. The number of nitrogens with two attached hydrogens (primary N) is 1. The number of rotatable bonds is 1. The topological polar surface area (TPSA) is 26.0 Å². The summed E-state index contributed by atoms with van der Waals surface area (Å²) in [6, 6.07) is 10.0. The maximum absolute atomic E-state index is 5.49. The van der Waals surface area contributed by atoms with Crippen LogP contribution in [0.4, 0.5) is 0 Å². The summed E-state index contributed by atoms with van der Waals surface area (Å²) in [6.07, 6.45) is 1.83. The molecule has 13 heavy (non-hydrogen) atoms. The van der Waals surface area contributed by atoms with Gasteiger partial charge < -0.3 is 5.40 Å². The first-order valence-electron chi connectivity index (χ1n) is 4.40. The average Bonchev–Trinajstić information content (AvgIpc) is 2.03. The highest BCUT2D eigenvalue weighted by atomic mass is 28.3. The van der Waals surface area contributed by atoms with Gasteiger partial charge in [0.1, 0.15) is 8.24 Å². The van der Waals surface area contributed by atoms with Crippen LogP contribution in [0.1, 0.15) is 5.56 Å². The molecule has 0 radical (unpaired) electrons. The van der Waals surface area contributed by atoms with Gasteiger partial charge in [-0.2, -0.15) is 0 Å². The van der Waals surface area contributed by atoms with Gasteiger partial charge in [-0.05, 0) is 5.56 Å². The molecular weight excluding hydrogens is 174 g/mol. The third kappa shape index (κ3) is 11.1. The van der Waals surface area contributed by atoms with Crippen LogP contribution in [0.5, 0.6) is 0 Å². The smallest absolute Gasteiger partial charge is 0.113 e. The summed E-state index contributed by atoms with van der Waals surface area (Å²) < 4.78 is 0. The molecule has 2 N–H and O–H groups in total. The van der Waals surface area contributed by atoms with E-state index in [2.05, 4.69) is 26.2 Å². The minimum absolute atomic E-state index is 1.11. The predicted molar refractivity (Wildman–Crippen MR) is 64.1 cm³/mol. The second-order valence-corrected chi connectivity index (χ2v) is 8.71. The van der Waals surface area contributed by atoms with Gasteiger partial charge in [-0.1, -0.05) is 62.6 Å². The van der Waals surface area contributed by atoms with Gasteiger partial charge in [0.05, 0.1) is 0 Å². The van der Waals surface area contributed by atoms with Gasteiger partial charge in [-0.3, -0.25) is 0 Å². The normalized spacial score (nSPS) is 9.85. The van der Waals surface area contributed by atoms with Crippen LogP contribution in [0, 0.1) is 0 Å². The number of benzene rings is 1. The number of hydrogen-bond donors (Lipinski definition) is 1. The number of hydrogen-bond acceptors (Lipinski definition) is 1. The Morgan fingerprint density at radius 3 is 1.77 bits per heavy atom. The zero-order chi connectivity index (χ0) is 10.3. The second kappa shape index (κ2) is 5.73. The van der Waals surface area contributed by atoms with Crippen molar-refractivity contribution in [3.63, 3.8) is 0 Å². The van der Waals surface area contributed by atoms with E-state index in [4.69, 9.17) is 5.40 Å². The Morgan fingerprint density at radius 1 is 1.15 bits per heavy atom. The van der Waals surface area contributed by atoms with Crippen LogP contribution in [-0.4, -0.2) is 8.24 Å². The fourth-order valence-corrected chi connectivity index (χ4v) is 0.589. The lowest BCUT2D eigenvalue weighted by Gasteiger charge is -2.02. The first-order chi connectivity index (χ1) is 5.93. The Balaban J connectivity index is 0.000000252. The lowest BCUT2D eigenvalue weighted by atomic mass is 10.2. The Hall–Kier alpha value is -0.863. The Bertz CT molecular complexity index is 230. The van der Waals surface area contributed by atoms with Crippen molar-refractivity contribution in [3.8, 4) is 0 Å². The van der Waals surface area contributed by atoms with E-state index in [1.807, 2.05) is 36.4 Å². The van der Waals surface area contributed by atoms with E-state index in [1.165, 1.54) is 5.56 Å². The van der Waals surface area contributed by atoms with Crippen LogP contribution < -0.4 is 5.40 Å². The average molecular weight is 193 g/mol. The molecule has 0 aliphatic carbocycles. The van der Waals surface area contributed by atoms with Crippen LogP contribution in [0.3, 0.4) is 0 Å². The molecule has 0 atom stereocenters. The molecule has 72 valence electrons. The summed E-state index contributed by atoms with van der Waals surface area (Å²) >= 11 is 0. The van der Waals surface area contributed by atoms with E-state index >= 15 is 0 Å². The summed E-state index contributed by atoms with van der Waals surface area (Å²) in [5, 5.41) is 5.49. The van der Waals surface area contributed by atoms with Gasteiger partial charge >= 0.3 is 0 Å². The maximum atomic E-state index is 5.49. The minimum atomic E-state index is -1.11. The summed E-state index contributed by atoms with van der Waals surface area (Å²) in [5.41, 5.74) is 1.17. The zero-order valence-corrected chi connectivity index (χ0v) is 9.75. The van der Waals surface area contributed by atoms with Crippen LogP contribution in [0.25, 0.3) is 6.08 Å². The molecule has 1 aromatic rings. The fraction of sp³-hybridized carbons (Fsp3) is 0.273. The maximum Gasteiger partial charge on any atom is 0.113 e. The predicted octanol–water partition coefficient (Wildman–Crippen LogP) is 3.11. The Kier molecular flexibility index (Phi) is 5.35. The minimum Gasteiger partial charge on any atom is -0.351 e. The zero-order valence-electron chi connectivity index (χ0n) is 8.75. The molecule has 1 nitrogen and oxygen atoms in total. The van der Waals surface area contributed by atoms with Gasteiger partial charge in [0.25, 0.3) is 0 Å². The Labute approximate surface area is 82.4 Å². The third-order valence-corrected chi connectivity index (χ3v) is 1.04. The molecule has 0 aliphatic heterocycles. The van der Waals surface area contributed by atoms with Crippen molar-refractivity contribution in [2.24, 2.45) is 5.40 Å². The largest absolute Gasteiger partial charge is 0.351 e. The van der Waals surface area contributed by atoms with Gasteiger partial charge in [0.2, 0.25) is 0 Å². The molecule has 0 aliphatic rings. The summed E-state index contributed by atoms with van der Waals surface area (Å²) in [6.45, 7) is 9.94. The van der Waals surface area contributed by atoms with E-state index in [-0.39, 0.29) is 0 Å². The van der Waals surface area contributed by atoms with Crippen molar-refractivity contribution in [2.45, 2.75) is 19.6 Å². The quantitative estimate of drug-likeness (QED) is 0.681. The molecule has 0 bridgehead atoms. The highest BCUT2D eigenvalue weighted by Gasteiger charge is 2.00. The van der Waals surface area contributed by atoms with E-state index < -0.39 is 8.24 Å². The van der Waals surface area contributed by atoms with Gasteiger partial charge in [-0.25, -0.2) is 0 Å². The molecule has 0 spiro atoms. The van der Waals surface area contributed by atoms with Gasteiger partial charge in [0.15, 0.2) is 0 Å². The van der Waals surface area contributed by atoms with Gasteiger partial charge in [-0.15, -0.1) is 0 Å². The second-order valence-electron chi connectivity index (χ2n) is 3.98. The van der Waals surface area contributed by atoms with E-state index in [9.17, 15) is 0 Å². The van der Waals surface area contributed by atoms with Crippen molar-refractivity contribution in [3.05, 3.63) is 42.5 Å². The molecule has 0 fully saturated rings. The summed E-state index contributed by atoms with van der Waals surface area (Å²) in [5.74, 6) is 0. The molecule has 0 saturated heterocycles. The van der Waals surface area contributed by atoms with Gasteiger partial charge in [0, 0.05) is 0 Å². The SMILES string of the molecule is C=Cc1ccccc1.C[Si](C)(C)N. The molecule has 2 heteroatoms. The van der Waals surface area contributed by atoms with E-state index in [0.29, 0.717) is 0 Å². The first-order valence-corrected chi connectivity index (χ1v) is 7.97. The lowest BCUT2D eigenvalue weighted by Crippen LogP contribution is -2.32. The standard InChI is InChI=1S/C8H8.C3H11NSi/c1-2-8-6-4-3-5-7-8;1-5(2,3)4/h2-7H,1H2;4H2,1-3H3. The highest BCUT2D eigenvalue weighted by Crippen LogP contribution is 1.97. The summed E-state index contributed by atoms with van der Waals surface area (Å²) in [4.78, 5) is 0. The molecule has 0 saturated carbocycles. The molecule has 0 unspecified atom stereocenters. The van der Waals surface area contributed by atoms with Crippen LogP contribution in [0.2, 0.25) is 19.6 Å². The first kappa shape index (κ1) is 12.1. The monoisotopic (exact) mass is 193 g/mol. The molecule has 0 amide bonds. The van der Waals surface area contributed by atoms with E-state index in [1.54, 1.807) is 0 Å². The molecule has 1 rings (SSSR count). The fourth-order valence-electron chi connectivity index (χ4n) is 0.589. The van der Waals surface area contributed by atoms with Crippen molar-refractivity contribution < 1.29 is 0 Å². The third-order valence-electron chi connectivity index (χ3n) is 1.04. The van der Waals surface area contributed by atoms with E-state index in [0.717, 1.165) is 0 Å². The Morgan fingerprint density at radius 2 is 1.54 bits per heavy atom. The van der Waals surface area contributed by atoms with Crippen molar-refractivity contribution in [1.29, 1.82) is 0 Å². The van der Waals surface area contributed by atoms with Crippen molar-refractivity contribution in [1.82, 2.24) is 0 Å². The van der Waals surface area contributed by atoms with Crippen molar-refractivity contribution >= 4 is 14.3 Å². The molecule has 0 heterocycles. The molecule has 1 aromatic carbocycles. The molecule has 0 aromatic heterocycles.